The summed E-state index contributed by atoms with van der Waals surface area (Å²) >= 11 is 0. The van der Waals surface area contributed by atoms with Crippen LogP contribution in [0.2, 0.25) is 0 Å². The van der Waals surface area contributed by atoms with Crippen LogP contribution in [0.15, 0.2) is 60.2 Å². The topological polar surface area (TPSA) is 64.6 Å². The average molecular weight is 365 g/mol. The van der Waals surface area contributed by atoms with Crippen molar-refractivity contribution in [3.05, 3.63) is 71.3 Å². The Morgan fingerprint density at radius 2 is 1.78 bits per heavy atom. The van der Waals surface area contributed by atoms with Gasteiger partial charge in [0.15, 0.2) is 6.10 Å². The number of benzene rings is 2. The number of fused-ring (bicyclic) bond motifs is 1. The second kappa shape index (κ2) is 8.54. The molecular formula is C22H23NO4. The van der Waals surface area contributed by atoms with E-state index in [0.29, 0.717) is 12.1 Å². The van der Waals surface area contributed by atoms with Crippen LogP contribution < -0.4 is 10.1 Å². The van der Waals surface area contributed by atoms with Crippen molar-refractivity contribution in [3.63, 3.8) is 0 Å². The zero-order chi connectivity index (χ0) is 19.2. The average Bonchev–Trinajstić information content (AvgIpc) is 2.71. The molecule has 2 aromatic rings. The molecule has 1 amide bonds. The molecule has 0 aromatic heterocycles. The third-order valence-corrected chi connectivity index (χ3v) is 4.50. The Morgan fingerprint density at radius 3 is 2.56 bits per heavy atom. The molecule has 1 heterocycles. The van der Waals surface area contributed by atoms with Crippen LogP contribution in [0, 0.1) is 0 Å². The Hall–Kier alpha value is -3.08. The van der Waals surface area contributed by atoms with Crippen molar-refractivity contribution in [1.29, 1.82) is 0 Å². The maximum absolute atomic E-state index is 12.3. The Kier molecular flexibility index (Phi) is 5.91. The number of ether oxygens (including phenoxy) is 2. The van der Waals surface area contributed by atoms with Crippen molar-refractivity contribution in [3.8, 4) is 5.75 Å². The molecule has 1 aliphatic heterocycles. The van der Waals surface area contributed by atoms with Gasteiger partial charge in [0.2, 0.25) is 0 Å². The van der Waals surface area contributed by atoms with Crippen molar-refractivity contribution in [2.75, 3.05) is 13.2 Å². The molecule has 3 rings (SSSR count). The summed E-state index contributed by atoms with van der Waals surface area (Å²) in [4.78, 5) is 24.6. The summed E-state index contributed by atoms with van der Waals surface area (Å²) in [6.45, 7) is 4.21. The molecule has 5 nitrogen and oxygen atoms in total. The van der Waals surface area contributed by atoms with E-state index < -0.39 is 12.1 Å². The number of carbonyl (C=O) groups is 2. The highest BCUT2D eigenvalue weighted by atomic mass is 16.6. The van der Waals surface area contributed by atoms with Gasteiger partial charge in [0.05, 0.1) is 5.57 Å². The van der Waals surface area contributed by atoms with Crippen molar-refractivity contribution >= 4 is 18.0 Å². The van der Waals surface area contributed by atoms with Gasteiger partial charge >= 0.3 is 5.97 Å². The minimum Gasteiger partial charge on any atom is -0.488 e. The quantitative estimate of drug-likeness (QED) is 0.798. The molecule has 0 saturated carbocycles. The van der Waals surface area contributed by atoms with E-state index in [4.69, 9.17) is 9.47 Å². The van der Waals surface area contributed by atoms with Crippen LogP contribution in [0.4, 0.5) is 0 Å². The molecular weight excluding hydrogens is 342 g/mol. The van der Waals surface area contributed by atoms with Crippen molar-refractivity contribution in [2.45, 2.75) is 25.9 Å². The third kappa shape index (κ3) is 4.76. The van der Waals surface area contributed by atoms with Gasteiger partial charge in [-0.25, -0.2) is 4.79 Å². The van der Waals surface area contributed by atoms with Crippen LogP contribution in [0.3, 0.4) is 0 Å². The molecule has 1 N–H and O–H groups in total. The van der Waals surface area contributed by atoms with Crippen LogP contribution in [-0.4, -0.2) is 31.1 Å². The predicted octanol–water partition coefficient (Wildman–Crippen LogP) is 3.31. The van der Waals surface area contributed by atoms with Crippen LogP contribution in [0.5, 0.6) is 5.75 Å². The zero-order valence-corrected chi connectivity index (χ0v) is 15.5. The fourth-order valence-corrected chi connectivity index (χ4v) is 2.82. The first-order valence-corrected chi connectivity index (χ1v) is 9.00. The minimum atomic E-state index is -0.876. The Morgan fingerprint density at radius 1 is 1.07 bits per heavy atom. The smallest absolute Gasteiger partial charge is 0.338 e. The molecule has 0 saturated heterocycles. The second-order valence-corrected chi connectivity index (χ2v) is 6.60. The number of amides is 1. The number of hydrogen-bond donors (Lipinski definition) is 1. The van der Waals surface area contributed by atoms with Crippen molar-refractivity contribution in [2.24, 2.45) is 0 Å². The Balaban J connectivity index is 1.52. The molecule has 0 bridgehead atoms. The van der Waals surface area contributed by atoms with E-state index in [9.17, 15) is 9.59 Å². The lowest BCUT2D eigenvalue weighted by Crippen LogP contribution is -2.38. The maximum Gasteiger partial charge on any atom is 0.338 e. The van der Waals surface area contributed by atoms with Gasteiger partial charge in [0.1, 0.15) is 12.4 Å². The number of esters is 1. The van der Waals surface area contributed by atoms with Gasteiger partial charge in [0, 0.05) is 12.1 Å². The van der Waals surface area contributed by atoms with Crippen molar-refractivity contribution < 1.29 is 19.1 Å². The molecule has 5 heteroatoms. The first-order valence-electron chi connectivity index (χ1n) is 9.00. The lowest BCUT2D eigenvalue weighted by Gasteiger charge is -2.19. The minimum absolute atomic E-state index is 0.134. The number of nitrogens with one attached hydrogen (secondary N) is 1. The number of para-hydroxylation sites is 1. The standard InChI is InChI=1S/C22H23NO4/c1-15(17-8-4-3-5-9-17)13-23-21(24)16(2)27-22(25)19-12-18-10-6-7-11-20(18)26-14-19/h3-12,15-16H,13-14H2,1-2H3,(H,23,24)/t15-,16+/m1/s1. The highest BCUT2D eigenvalue weighted by Gasteiger charge is 2.23. The van der Waals surface area contributed by atoms with Crippen LogP contribution >= 0.6 is 0 Å². The van der Waals surface area contributed by atoms with Crippen molar-refractivity contribution in [1.82, 2.24) is 5.32 Å². The summed E-state index contributed by atoms with van der Waals surface area (Å²) in [5.41, 5.74) is 2.36. The van der Waals surface area contributed by atoms with Crippen LogP contribution in [0.1, 0.15) is 30.9 Å². The van der Waals surface area contributed by atoms with Gasteiger partial charge in [-0.15, -0.1) is 0 Å². The molecule has 2 aromatic carbocycles. The van der Waals surface area contributed by atoms with Crippen LogP contribution in [0.25, 0.3) is 6.08 Å². The van der Waals surface area contributed by atoms with E-state index >= 15 is 0 Å². The summed E-state index contributed by atoms with van der Waals surface area (Å²) in [5.74, 6) is 0.0471. The molecule has 0 fully saturated rings. The summed E-state index contributed by atoms with van der Waals surface area (Å²) in [6.07, 6.45) is 0.863. The Bertz CT molecular complexity index is 844. The van der Waals surface area contributed by atoms with Gasteiger partial charge in [0.25, 0.3) is 5.91 Å². The van der Waals surface area contributed by atoms with E-state index in [1.54, 1.807) is 13.0 Å². The summed E-state index contributed by atoms with van der Waals surface area (Å²) in [7, 11) is 0. The molecule has 0 unspecified atom stereocenters. The van der Waals surface area contributed by atoms with Gasteiger partial charge < -0.3 is 14.8 Å². The monoisotopic (exact) mass is 365 g/mol. The fourth-order valence-electron chi connectivity index (χ4n) is 2.82. The fraction of sp³-hybridized carbons (Fsp3) is 0.273. The first-order chi connectivity index (χ1) is 13.0. The Labute approximate surface area is 159 Å². The van der Waals surface area contributed by atoms with Gasteiger partial charge in [-0.1, -0.05) is 55.5 Å². The highest BCUT2D eigenvalue weighted by molar-refractivity contribution is 5.96. The number of rotatable bonds is 6. The van der Waals surface area contributed by atoms with E-state index in [2.05, 4.69) is 5.32 Å². The predicted molar refractivity (Wildman–Crippen MR) is 103 cm³/mol. The molecule has 27 heavy (non-hydrogen) atoms. The third-order valence-electron chi connectivity index (χ3n) is 4.50. The van der Waals surface area contributed by atoms with E-state index in [1.165, 1.54) is 0 Å². The molecule has 0 radical (unpaired) electrons. The number of hydrogen-bond acceptors (Lipinski definition) is 4. The summed E-state index contributed by atoms with van der Waals surface area (Å²) in [6, 6.07) is 17.4. The first kappa shape index (κ1) is 18.7. The molecule has 140 valence electrons. The lowest BCUT2D eigenvalue weighted by molar-refractivity contribution is -0.151. The molecule has 1 aliphatic rings. The molecule has 2 atom stereocenters. The van der Waals surface area contributed by atoms with Gasteiger partial charge in [-0.2, -0.15) is 0 Å². The van der Waals surface area contributed by atoms with E-state index in [1.807, 2.05) is 61.5 Å². The SMILES string of the molecule is C[C@H](OC(=O)C1=Cc2ccccc2OC1)C(=O)NC[C@@H](C)c1ccccc1. The lowest BCUT2D eigenvalue weighted by atomic mass is 10.0. The normalized spacial score (nSPS) is 14.8. The number of carbonyl (C=O) groups excluding carboxylic acids is 2. The zero-order valence-electron chi connectivity index (χ0n) is 15.5. The van der Waals surface area contributed by atoms with E-state index in [0.717, 1.165) is 16.9 Å². The van der Waals surface area contributed by atoms with Crippen LogP contribution in [-0.2, 0) is 14.3 Å². The highest BCUT2D eigenvalue weighted by Crippen LogP contribution is 2.26. The van der Waals surface area contributed by atoms with E-state index in [-0.39, 0.29) is 18.4 Å². The van der Waals surface area contributed by atoms with Gasteiger partial charge in [-0.05, 0) is 30.5 Å². The van der Waals surface area contributed by atoms with Gasteiger partial charge in [-0.3, -0.25) is 4.79 Å². The molecule has 0 spiro atoms. The second-order valence-electron chi connectivity index (χ2n) is 6.60. The summed E-state index contributed by atoms with van der Waals surface area (Å²) < 4.78 is 10.9. The largest absolute Gasteiger partial charge is 0.488 e. The summed E-state index contributed by atoms with van der Waals surface area (Å²) in [5, 5.41) is 2.84. The maximum atomic E-state index is 12.3. The molecule has 0 aliphatic carbocycles.